The zero-order valence-corrected chi connectivity index (χ0v) is 40.6. The fourth-order valence-corrected chi connectivity index (χ4v) is 14.0. The highest BCUT2D eigenvalue weighted by Crippen LogP contribution is 2.64. The first kappa shape index (κ1) is 41.3. The molecule has 342 valence electrons. The minimum atomic E-state index is -0.343. The van der Waals surface area contributed by atoms with Gasteiger partial charge in [0.15, 0.2) is 0 Å². The van der Waals surface area contributed by atoms with Crippen LogP contribution in [0.4, 0.5) is 0 Å². The van der Waals surface area contributed by atoms with E-state index in [1.165, 1.54) is 145 Å². The topological polar surface area (TPSA) is 0 Å². The lowest BCUT2D eigenvalue weighted by Gasteiger charge is -2.30. The summed E-state index contributed by atoms with van der Waals surface area (Å²) < 4.78 is 0. The number of benzene rings is 12. The van der Waals surface area contributed by atoms with Crippen LogP contribution >= 0.6 is 0 Å². The van der Waals surface area contributed by atoms with E-state index in [9.17, 15) is 0 Å². The minimum Gasteiger partial charge on any atom is -0.0619 e. The maximum Gasteiger partial charge on any atom is 0.0725 e. The molecule has 16 rings (SSSR count). The highest BCUT2D eigenvalue weighted by molar-refractivity contribution is 5.98. The van der Waals surface area contributed by atoms with E-state index in [4.69, 9.17) is 0 Å². The van der Waals surface area contributed by atoms with Gasteiger partial charge < -0.3 is 0 Å². The van der Waals surface area contributed by atoms with Crippen molar-refractivity contribution in [3.05, 3.63) is 324 Å². The van der Waals surface area contributed by atoms with Crippen molar-refractivity contribution in [3.63, 3.8) is 0 Å². The van der Waals surface area contributed by atoms with Crippen LogP contribution in [0.15, 0.2) is 279 Å². The number of hydrogen-bond acceptors (Lipinski definition) is 0. The van der Waals surface area contributed by atoms with Crippen molar-refractivity contribution < 1.29 is 0 Å². The summed E-state index contributed by atoms with van der Waals surface area (Å²) in [7, 11) is 0. The molecule has 0 radical (unpaired) electrons. The lowest BCUT2D eigenvalue weighted by molar-refractivity contribution is 0.794. The molecule has 4 aliphatic carbocycles. The Labute approximate surface area is 432 Å². The first-order valence-electron chi connectivity index (χ1n) is 26.0. The molecule has 0 unspecified atom stereocenters. The molecule has 0 heteroatoms. The predicted molar refractivity (Wildman–Crippen MR) is 306 cm³/mol. The van der Waals surface area contributed by atoms with E-state index in [0.29, 0.717) is 0 Å². The zero-order chi connectivity index (χ0) is 48.5. The summed E-state index contributed by atoms with van der Waals surface area (Å²) in [5, 5.41) is 0. The molecular formula is C74H46. The Morgan fingerprint density at radius 3 is 0.514 bits per heavy atom. The van der Waals surface area contributed by atoms with Gasteiger partial charge in [0.05, 0.1) is 10.8 Å². The Hall–Kier alpha value is -9.36. The minimum absolute atomic E-state index is 0.343. The van der Waals surface area contributed by atoms with E-state index in [1.54, 1.807) is 0 Å². The van der Waals surface area contributed by atoms with Crippen LogP contribution < -0.4 is 0 Å². The van der Waals surface area contributed by atoms with Crippen LogP contribution in [-0.4, -0.2) is 0 Å². The summed E-state index contributed by atoms with van der Waals surface area (Å²) in [4.78, 5) is 0. The van der Waals surface area contributed by atoms with Crippen molar-refractivity contribution in [2.45, 2.75) is 10.8 Å². The summed E-state index contributed by atoms with van der Waals surface area (Å²) in [6.07, 6.45) is 0. The molecule has 2 spiro atoms. The second-order valence-electron chi connectivity index (χ2n) is 20.6. The molecule has 4 aliphatic rings. The maximum absolute atomic E-state index is 2.47. The van der Waals surface area contributed by atoms with E-state index in [0.717, 1.165) is 0 Å². The zero-order valence-electron chi connectivity index (χ0n) is 40.6. The SMILES string of the molecule is c1ccc2c(c1)-c1ccccc1C21c2ccccc2-c2ccc(-c3ccc(-c4ccc(-c5ccc(-c6ccc(-c7ccc8c(c7)C7(c9ccccc9-c9ccccc97)c7ccccc7-8)cc6)cc5)cc4)cc3)cc21. The molecule has 12 aromatic rings. The van der Waals surface area contributed by atoms with Crippen LogP contribution in [-0.2, 0) is 10.8 Å². The number of rotatable bonds is 5. The Bertz CT molecular complexity index is 3860. The normalized spacial score (nSPS) is 13.9. The van der Waals surface area contributed by atoms with Crippen LogP contribution in [0, 0.1) is 0 Å². The number of hydrogen-bond donors (Lipinski definition) is 0. The van der Waals surface area contributed by atoms with E-state index in [1.807, 2.05) is 0 Å². The summed E-state index contributed by atoms with van der Waals surface area (Å²) in [6.45, 7) is 0. The highest BCUT2D eigenvalue weighted by atomic mass is 14.5. The van der Waals surface area contributed by atoms with Crippen LogP contribution in [0.5, 0.6) is 0 Å². The smallest absolute Gasteiger partial charge is 0.0619 e. The summed E-state index contributed by atoms with van der Waals surface area (Å²) in [5.74, 6) is 0. The summed E-state index contributed by atoms with van der Waals surface area (Å²) >= 11 is 0. The Balaban J connectivity index is 0.657. The van der Waals surface area contributed by atoms with E-state index in [2.05, 4.69) is 279 Å². The molecular weight excluding hydrogens is 889 g/mol. The van der Waals surface area contributed by atoms with Crippen LogP contribution in [0.2, 0.25) is 0 Å². The molecule has 0 fully saturated rings. The monoisotopic (exact) mass is 934 g/mol. The van der Waals surface area contributed by atoms with Crippen molar-refractivity contribution in [2.24, 2.45) is 0 Å². The summed E-state index contributed by atoms with van der Waals surface area (Å²) in [5.41, 5.74) is 33.1. The molecule has 12 aromatic carbocycles. The average molecular weight is 935 g/mol. The van der Waals surface area contributed by atoms with Crippen LogP contribution in [0.1, 0.15) is 44.5 Å². The molecule has 0 bridgehead atoms. The number of fused-ring (bicyclic) bond motifs is 20. The molecule has 0 aromatic heterocycles. The van der Waals surface area contributed by atoms with Crippen molar-refractivity contribution in [1.82, 2.24) is 0 Å². The molecule has 0 N–H and O–H groups in total. The predicted octanol–water partition coefficient (Wildman–Crippen LogP) is 18.7. The Kier molecular flexibility index (Phi) is 8.68. The van der Waals surface area contributed by atoms with Crippen molar-refractivity contribution in [3.8, 4) is 100 Å². The maximum atomic E-state index is 2.47. The lowest BCUT2D eigenvalue weighted by atomic mass is 9.70. The summed E-state index contributed by atoms with van der Waals surface area (Å²) in [6, 6.07) is 105. The van der Waals surface area contributed by atoms with E-state index < -0.39 is 0 Å². The second kappa shape index (κ2) is 15.6. The highest BCUT2D eigenvalue weighted by Gasteiger charge is 2.53. The molecule has 74 heavy (non-hydrogen) atoms. The fourth-order valence-electron chi connectivity index (χ4n) is 14.0. The van der Waals surface area contributed by atoms with Gasteiger partial charge in [0.25, 0.3) is 0 Å². The standard InChI is InChI=1S/C74H46/c1-7-19-65-57(13-1)58-14-2-8-20-66(58)73(65)69-23-11-5-17-61(69)63-43-41-55(45-71(63)73)53-37-33-51(34-38-53)49-29-25-47(26-30-49)48-27-31-50(32-28-48)52-35-39-54(40-36-52)56-42-44-64-62-18-6-12-24-70(62)74(72(64)46-56)67-21-9-3-15-59(67)60-16-4-10-22-68(60)74/h1-46H. The molecule has 0 aliphatic heterocycles. The molecule has 0 nitrogen and oxygen atoms in total. The molecule has 0 amide bonds. The second-order valence-corrected chi connectivity index (χ2v) is 20.6. The first-order valence-corrected chi connectivity index (χ1v) is 26.0. The van der Waals surface area contributed by atoms with E-state index in [-0.39, 0.29) is 10.8 Å². The average Bonchev–Trinajstić information content (AvgIpc) is 4.16. The van der Waals surface area contributed by atoms with Gasteiger partial charge in [-0.3, -0.25) is 0 Å². The van der Waals surface area contributed by atoms with Crippen molar-refractivity contribution in [2.75, 3.05) is 0 Å². The van der Waals surface area contributed by atoms with Gasteiger partial charge in [-0.25, -0.2) is 0 Å². The first-order chi connectivity index (χ1) is 36.7. The quantitative estimate of drug-likeness (QED) is 0.161. The van der Waals surface area contributed by atoms with Crippen LogP contribution in [0.25, 0.3) is 100 Å². The van der Waals surface area contributed by atoms with Crippen molar-refractivity contribution >= 4 is 0 Å². The van der Waals surface area contributed by atoms with Gasteiger partial charge in [-0.2, -0.15) is 0 Å². The molecule has 0 atom stereocenters. The Morgan fingerprint density at radius 1 is 0.135 bits per heavy atom. The van der Waals surface area contributed by atoms with Gasteiger partial charge in [-0.05, 0) is 157 Å². The van der Waals surface area contributed by atoms with Gasteiger partial charge in [0, 0.05) is 0 Å². The van der Waals surface area contributed by atoms with E-state index >= 15 is 0 Å². The lowest BCUT2D eigenvalue weighted by Crippen LogP contribution is -2.25. The van der Waals surface area contributed by atoms with Gasteiger partial charge in [0.1, 0.15) is 0 Å². The van der Waals surface area contributed by atoms with Crippen molar-refractivity contribution in [1.29, 1.82) is 0 Å². The fraction of sp³-hybridized carbons (Fsp3) is 0.0270. The third-order valence-electron chi connectivity index (χ3n) is 17.2. The largest absolute Gasteiger partial charge is 0.0725 e. The Morgan fingerprint density at radius 2 is 0.297 bits per heavy atom. The van der Waals surface area contributed by atoms with Crippen LogP contribution in [0.3, 0.4) is 0 Å². The van der Waals surface area contributed by atoms with Gasteiger partial charge in [0.2, 0.25) is 0 Å². The third-order valence-corrected chi connectivity index (χ3v) is 17.2. The molecule has 0 saturated carbocycles. The van der Waals surface area contributed by atoms with Gasteiger partial charge in [-0.1, -0.05) is 267 Å². The van der Waals surface area contributed by atoms with Gasteiger partial charge >= 0.3 is 0 Å². The molecule has 0 heterocycles. The molecule has 0 saturated heterocycles. The van der Waals surface area contributed by atoms with Gasteiger partial charge in [-0.15, -0.1) is 0 Å². The third kappa shape index (κ3) is 5.57.